The van der Waals surface area contributed by atoms with Crippen LogP contribution in [0, 0.1) is 5.82 Å². The third-order valence-corrected chi connectivity index (χ3v) is 3.51. The minimum atomic E-state index is -1.20. The maximum Gasteiger partial charge on any atom is 0.355 e. The number of methoxy groups -OCH3 is 2. The van der Waals surface area contributed by atoms with E-state index in [1.807, 2.05) is 0 Å². The fraction of sp³-hybridized carbons (Fsp3) is 0.118. The quantitative estimate of drug-likeness (QED) is 0.792. The minimum Gasteiger partial charge on any atom is -0.493 e. The molecule has 1 N–H and O–H groups in total. The first-order valence-corrected chi connectivity index (χ1v) is 6.96. The van der Waals surface area contributed by atoms with E-state index in [-0.39, 0.29) is 11.5 Å². The SMILES string of the molecule is COc1cc2nc(-c3ccc(F)cc3)nc(C(=O)O)c2cc1OC. The molecule has 0 aliphatic heterocycles. The van der Waals surface area contributed by atoms with Crippen molar-refractivity contribution in [2.75, 3.05) is 14.2 Å². The van der Waals surface area contributed by atoms with Crippen LogP contribution in [0.25, 0.3) is 22.3 Å². The van der Waals surface area contributed by atoms with Crippen molar-refractivity contribution in [1.29, 1.82) is 0 Å². The molecule has 0 bridgehead atoms. The number of halogens is 1. The van der Waals surface area contributed by atoms with E-state index in [2.05, 4.69) is 9.97 Å². The Hall–Kier alpha value is -3.22. The van der Waals surface area contributed by atoms with E-state index < -0.39 is 11.8 Å². The van der Waals surface area contributed by atoms with Crippen molar-refractivity contribution in [3.05, 3.63) is 47.9 Å². The third-order valence-electron chi connectivity index (χ3n) is 3.51. The molecule has 6 nitrogen and oxygen atoms in total. The highest BCUT2D eigenvalue weighted by molar-refractivity contribution is 6.02. The monoisotopic (exact) mass is 328 g/mol. The van der Waals surface area contributed by atoms with Gasteiger partial charge in [-0.2, -0.15) is 0 Å². The average molecular weight is 328 g/mol. The lowest BCUT2D eigenvalue weighted by Crippen LogP contribution is -2.05. The Morgan fingerprint density at radius 2 is 1.67 bits per heavy atom. The second kappa shape index (κ2) is 6.11. The van der Waals surface area contributed by atoms with Crippen LogP contribution in [-0.2, 0) is 0 Å². The van der Waals surface area contributed by atoms with Crippen molar-refractivity contribution in [2.24, 2.45) is 0 Å². The van der Waals surface area contributed by atoms with Gasteiger partial charge in [0.05, 0.1) is 19.7 Å². The van der Waals surface area contributed by atoms with Gasteiger partial charge in [0.25, 0.3) is 0 Å². The van der Waals surface area contributed by atoms with Crippen molar-refractivity contribution >= 4 is 16.9 Å². The lowest BCUT2D eigenvalue weighted by atomic mass is 10.1. The highest BCUT2D eigenvalue weighted by atomic mass is 19.1. The van der Waals surface area contributed by atoms with Crippen LogP contribution in [0.5, 0.6) is 11.5 Å². The van der Waals surface area contributed by atoms with Gasteiger partial charge >= 0.3 is 5.97 Å². The number of nitrogens with zero attached hydrogens (tertiary/aromatic N) is 2. The Bertz CT molecular complexity index is 926. The van der Waals surface area contributed by atoms with E-state index in [0.29, 0.717) is 28.0 Å². The number of aromatic nitrogens is 2. The average Bonchev–Trinajstić information content (AvgIpc) is 2.59. The van der Waals surface area contributed by atoms with Crippen molar-refractivity contribution in [1.82, 2.24) is 9.97 Å². The molecule has 1 heterocycles. The first-order valence-electron chi connectivity index (χ1n) is 6.96. The summed E-state index contributed by atoms with van der Waals surface area (Å²) in [5.74, 6) is -0.606. The van der Waals surface area contributed by atoms with E-state index in [1.54, 1.807) is 6.07 Å². The largest absolute Gasteiger partial charge is 0.493 e. The number of benzene rings is 2. The number of fused-ring (bicyclic) bond motifs is 1. The maximum atomic E-state index is 13.1. The standard InChI is InChI=1S/C17H13FN2O4/c1-23-13-7-11-12(8-14(13)24-2)19-16(20-15(11)17(21)22)9-3-5-10(18)6-4-9/h3-8H,1-2H3,(H,21,22). The second-order valence-electron chi connectivity index (χ2n) is 4.93. The van der Waals surface area contributed by atoms with Crippen LogP contribution in [0.15, 0.2) is 36.4 Å². The fourth-order valence-corrected chi connectivity index (χ4v) is 2.35. The normalized spacial score (nSPS) is 10.6. The van der Waals surface area contributed by atoms with Gasteiger partial charge in [-0.25, -0.2) is 19.2 Å². The molecule has 7 heteroatoms. The molecular formula is C17H13FN2O4. The van der Waals surface area contributed by atoms with Gasteiger partial charge in [-0.15, -0.1) is 0 Å². The van der Waals surface area contributed by atoms with Crippen LogP contribution < -0.4 is 9.47 Å². The van der Waals surface area contributed by atoms with Gasteiger partial charge in [-0.3, -0.25) is 0 Å². The summed E-state index contributed by atoms with van der Waals surface area (Å²) >= 11 is 0. The first kappa shape index (κ1) is 15.7. The molecular weight excluding hydrogens is 315 g/mol. The van der Waals surface area contributed by atoms with Crippen molar-refractivity contribution < 1.29 is 23.8 Å². The van der Waals surface area contributed by atoms with Crippen LogP contribution in [0.4, 0.5) is 4.39 Å². The number of ether oxygens (including phenoxy) is 2. The van der Waals surface area contributed by atoms with Gasteiger partial charge in [0.1, 0.15) is 5.82 Å². The summed E-state index contributed by atoms with van der Waals surface area (Å²) in [6, 6.07) is 8.60. The van der Waals surface area contributed by atoms with Gasteiger partial charge in [0.2, 0.25) is 0 Å². The highest BCUT2D eigenvalue weighted by Gasteiger charge is 2.18. The molecule has 2 aromatic carbocycles. The van der Waals surface area contributed by atoms with Crippen molar-refractivity contribution in [2.45, 2.75) is 0 Å². The number of hydrogen-bond acceptors (Lipinski definition) is 5. The molecule has 24 heavy (non-hydrogen) atoms. The molecule has 0 atom stereocenters. The molecule has 0 saturated heterocycles. The molecule has 0 unspecified atom stereocenters. The fourth-order valence-electron chi connectivity index (χ4n) is 2.35. The maximum absolute atomic E-state index is 13.1. The number of hydrogen-bond donors (Lipinski definition) is 1. The summed E-state index contributed by atoms with van der Waals surface area (Å²) in [6.45, 7) is 0. The summed E-state index contributed by atoms with van der Waals surface area (Å²) in [7, 11) is 2.93. The molecule has 122 valence electrons. The zero-order valence-electron chi connectivity index (χ0n) is 12.9. The molecule has 0 spiro atoms. The van der Waals surface area contributed by atoms with E-state index in [9.17, 15) is 14.3 Å². The van der Waals surface area contributed by atoms with E-state index in [0.717, 1.165) is 0 Å². The summed E-state index contributed by atoms with van der Waals surface area (Å²) in [5.41, 5.74) is 0.732. The number of aromatic carboxylic acids is 1. The molecule has 0 aliphatic carbocycles. The van der Waals surface area contributed by atoms with Crippen LogP contribution in [0.2, 0.25) is 0 Å². The molecule has 0 amide bonds. The first-order chi connectivity index (χ1) is 11.5. The summed E-state index contributed by atoms with van der Waals surface area (Å²) in [5, 5.41) is 9.79. The molecule has 0 radical (unpaired) electrons. The van der Waals surface area contributed by atoms with Crippen LogP contribution in [-0.4, -0.2) is 35.3 Å². The molecule has 3 rings (SSSR count). The lowest BCUT2D eigenvalue weighted by molar-refractivity contribution is 0.0693. The van der Waals surface area contributed by atoms with Crippen molar-refractivity contribution in [3.63, 3.8) is 0 Å². The second-order valence-corrected chi connectivity index (χ2v) is 4.93. The number of carbonyl (C=O) groups is 1. The Morgan fingerprint density at radius 3 is 2.25 bits per heavy atom. The molecule has 1 aromatic heterocycles. The smallest absolute Gasteiger partial charge is 0.355 e. The Kier molecular flexibility index (Phi) is 3.99. The number of carboxylic acid groups (broad SMARTS) is 1. The zero-order valence-corrected chi connectivity index (χ0v) is 12.9. The Balaban J connectivity index is 2.30. The van der Waals surface area contributed by atoms with Crippen LogP contribution in [0.1, 0.15) is 10.5 Å². The zero-order chi connectivity index (χ0) is 17.3. The van der Waals surface area contributed by atoms with Gasteiger partial charge < -0.3 is 14.6 Å². The van der Waals surface area contributed by atoms with Crippen LogP contribution >= 0.6 is 0 Å². The third kappa shape index (κ3) is 2.71. The molecule has 0 aliphatic rings. The van der Waals surface area contributed by atoms with Gasteiger partial charge in [0.15, 0.2) is 23.0 Å². The topological polar surface area (TPSA) is 81.5 Å². The lowest BCUT2D eigenvalue weighted by Gasteiger charge is -2.11. The van der Waals surface area contributed by atoms with Gasteiger partial charge in [0, 0.05) is 17.0 Å². The van der Waals surface area contributed by atoms with Gasteiger partial charge in [-0.1, -0.05) is 0 Å². The number of rotatable bonds is 4. The predicted molar refractivity (Wildman–Crippen MR) is 85.0 cm³/mol. The molecule has 0 fully saturated rings. The van der Waals surface area contributed by atoms with Crippen molar-refractivity contribution in [3.8, 4) is 22.9 Å². The van der Waals surface area contributed by atoms with E-state index in [4.69, 9.17) is 9.47 Å². The van der Waals surface area contributed by atoms with E-state index >= 15 is 0 Å². The molecule has 3 aromatic rings. The van der Waals surface area contributed by atoms with Crippen LogP contribution in [0.3, 0.4) is 0 Å². The van der Waals surface area contributed by atoms with E-state index in [1.165, 1.54) is 44.6 Å². The summed E-state index contributed by atoms with van der Waals surface area (Å²) in [6.07, 6.45) is 0. The summed E-state index contributed by atoms with van der Waals surface area (Å²) in [4.78, 5) is 20.1. The Morgan fingerprint density at radius 1 is 1.04 bits per heavy atom. The summed E-state index contributed by atoms with van der Waals surface area (Å²) < 4.78 is 23.5. The Labute approximate surface area is 136 Å². The molecule has 0 saturated carbocycles. The van der Waals surface area contributed by atoms with Gasteiger partial charge in [-0.05, 0) is 30.3 Å². The minimum absolute atomic E-state index is 0.166. The predicted octanol–water partition coefficient (Wildman–Crippen LogP) is 3.15. The highest BCUT2D eigenvalue weighted by Crippen LogP contribution is 2.33. The number of carboxylic acids is 1.